The first-order valence-corrected chi connectivity index (χ1v) is 10.1. The molecule has 0 saturated heterocycles. The average molecular weight is 362 g/mol. The smallest absolute Gasteiger partial charge is 0.121 e. The first-order valence-electron chi connectivity index (χ1n) is 10.1. The zero-order valence-electron chi connectivity index (χ0n) is 17.5. The Labute approximate surface area is 163 Å². The van der Waals surface area contributed by atoms with E-state index in [1.54, 1.807) is 0 Å². The second kappa shape index (κ2) is 7.67. The van der Waals surface area contributed by atoms with Gasteiger partial charge in [0.05, 0.1) is 11.2 Å². The summed E-state index contributed by atoms with van der Waals surface area (Å²) in [6.45, 7) is 12.8. The van der Waals surface area contributed by atoms with E-state index < -0.39 is 0 Å². The molecule has 3 nitrogen and oxygen atoms in total. The first-order chi connectivity index (χ1) is 13.0. The quantitative estimate of drug-likeness (QED) is 0.499. The van der Waals surface area contributed by atoms with E-state index in [0.717, 1.165) is 24.2 Å². The summed E-state index contributed by atoms with van der Waals surface area (Å²) >= 11 is 0. The first kappa shape index (κ1) is 19.3. The molecule has 3 heteroatoms. The van der Waals surface area contributed by atoms with Crippen LogP contribution in [0.1, 0.15) is 65.0 Å². The van der Waals surface area contributed by atoms with Crippen LogP contribution in [-0.2, 0) is 12.0 Å². The van der Waals surface area contributed by atoms with E-state index in [4.69, 9.17) is 0 Å². The minimum Gasteiger partial charge on any atom is -0.239 e. The normalized spacial score (nSPS) is 15.4. The second-order valence-electron chi connectivity index (χ2n) is 7.92. The van der Waals surface area contributed by atoms with Crippen LogP contribution < -0.4 is 0 Å². The molecule has 1 atom stereocenters. The third-order valence-corrected chi connectivity index (χ3v) is 5.19. The monoisotopic (exact) mass is 361 g/mol. The molecule has 0 radical (unpaired) electrons. The van der Waals surface area contributed by atoms with Gasteiger partial charge in [-0.2, -0.15) is 0 Å². The Morgan fingerprint density at radius 2 is 1.59 bits per heavy atom. The van der Waals surface area contributed by atoms with E-state index in [0.29, 0.717) is 5.92 Å². The van der Waals surface area contributed by atoms with Crippen molar-refractivity contribution in [1.82, 2.24) is 15.0 Å². The van der Waals surface area contributed by atoms with E-state index in [1.807, 2.05) is 13.8 Å². The van der Waals surface area contributed by atoms with Crippen molar-refractivity contribution in [3.05, 3.63) is 59.7 Å². The van der Waals surface area contributed by atoms with Gasteiger partial charge in [-0.25, -0.2) is 4.68 Å². The summed E-state index contributed by atoms with van der Waals surface area (Å²) in [6, 6.07) is 17.5. The lowest BCUT2D eigenvalue weighted by atomic mass is 9.81. The lowest BCUT2D eigenvalue weighted by molar-refractivity contribution is 0.351. The van der Waals surface area contributed by atoms with Gasteiger partial charge in [0.25, 0.3) is 0 Å². The van der Waals surface area contributed by atoms with E-state index in [9.17, 15) is 0 Å². The number of fused-ring (bicyclic) bond motifs is 5. The van der Waals surface area contributed by atoms with Gasteiger partial charge in [0.2, 0.25) is 0 Å². The van der Waals surface area contributed by atoms with Crippen molar-refractivity contribution in [2.45, 2.75) is 65.8 Å². The number of hydrogen-bond acceptors (Lipinski definition) is 2. The fraction of sp³-hybridized carbons (Fsp3) is 0.417. The van der Waals surface area contributed by atoms with Crippen LogP contribution in [0.2, 0.25) is 0 Å². The van der Waals surface area contributed by atoms with Crippen molar-refractivity contribution in [3.8, 4) is 22.5 Å². The Morgan fingerprint density at radius 3 is 2.26 bits per heavy atom. The van der Waals surface area contributed by atoms with Crippen LogP contribution >= 0.6 is 0 Å². The van der Waals surface area contributed by atoms with Gasteiger partial charge in [-0.3, -0.25) is 0 Å². The Morgan fingerprint density at radius 1 is 0.963 bits per heavy atom. The average Bonchev–Trinajstić information content (AvgIpc) is 3.11. The molecule has 27 heavy (non-hydrogen) atoms. The van der Waals surface area contributed by atoms with Crippen molar-refractivity contribution in [2.24, 2.45) is 0 Å². The Bertz CT molecular complexity index is 915. The molecule has 3 aromatic rings. The highest BCUT2D eigenvalue weighted by Crippen LogP contribution is 2.43. The van der Waals surface area contributed by atoms with Crippen molar-refractivity contribution >= 4 is 0 Å². The summed E-state index contributed by atoms with van der Waals surface area (Å²) in [4.78, 5) is 0. The molecule has 0 N–H and O–H groups in total. The highest BCUT2D eigenvalue weighted by molar-refractivity contribution is 5.82. The molecule has 0 spiro atoms. The molecule has 0 saturated carbocycles. The highest BCUT2D eigenvalue weighted by Gasteiger charge is 2.30. The van der Waals surface area contributed by atoms with Gasteiger partial charge in [0.15, 0.2) is 0 Å². The van der Waals surface area contributed by atoms with Crippen LogP contribution in [0.25, 0.3) is 22.5 Å². The van der Waals surface area contributed by atoms with Gasteiger partial charge in [0, 0.05) is 11.1 Å². The molecule has 0 aliphatic heterocycles. The fourth-order valence-electron chi connectivity index (χ4n) is 3.91. The number of nitrogens with zero attached hydrogens (tertiary/aromatic N) is 3. The van der Waals surface area contributed by atoms with Gasteiger partial charge in [-0.05, 0) is 50.7 Å². The SMILES string of the molecule is CC.CCC1Cc2ccccc2-c2c(nnn2C(C)(C)C)-c2ccccc21. The number of hydrogen-bond donors (Lipinski definition) is 0. The number of aromatic nitrogens is 3. The van der Waals surface area contributed by atoms with Crippen LogP contribution in [0.4, 0.5) is 0 Å². The van der Waals surface area contributed by atoms with Crippen LogP contribution in [0, 0.1) is 0 Å². The molecule has 1 heterocycles. The Balaban J connectivity index is 0.00000102. The van der Waals surface area contributed by atoms with Gasteiger partial charge in [0.1, 0.15) is 5.69 Å². The number of benzene rings is 2. The van der Waals surface area contributed by atoms with E-state index >= 15 is 0 Å². The standard InChI is InChI=1S/C22H25N3.C2H6/c1-5-15-14-16-10-6-7-12-18(16)21-20(19-13-9-8-11-17(15)19)23-24-25(21)22(2,3)4;1-2/h6-13,15H,5,14H2,1-4H3;1-2H3. The minimum atomic E-state index is -0.119. The van der Waals surface area contributed by atoms with Gasteiger partial charge >= 0.3 is 0 Å². The largest absolute Gasteiger partial charge is 0.239 e. The fourth-order valence-corrected chi connectivity index (χ4v) is 3.91. The molecule has 1 aliphatic carbocycles. The van der Waals surface area contributed by atoms with Crippen molar-refractivity contribution < 1.29 is 0 Å². The summed E-state index contributed by atoms with van der Waals surface area (Å²) < 4.78 is 2.09. The maximum atomic E-state index is 4.65. The van der Waals surface area contributed by atoms with Crippen LogP contribution in [0.3, 0.4) is 0 Å². The van der Waals surface area contributed by atoms with E-state index in [1.165, 1.54) is 22.3 Å². The van der Waals surface area contributed by atoms with Crippen molar-refractivity contribution in [1.29, 1.82) is 0 Å². The van der Waals surface area contributed by atoms with Gasteiger partial charge in [-0.15, -0.1) is 5.10 Å². The summed E-state index contributed by atoms with van der Waals surface area (Å²) in [5.74, 6) is 0.505. The van der Waals surface area contributed by atoms with Crippen LogP contribution in [0.5, 0.6) is 0 Å². The summed E-state index contributed by atoms with van der Waals surface area (Å²) in [5, 5.41) is 9.21. The zero-order chi connectivity index (χ0) is 19.6. The summed E-state index contributed by atoms with van der Waals surface area (Å²) in [6.07, 6.45) is 2.17. The molecule has 1 unspecified atom stereocenters. The summed E-state index contributed by atoms with van der Waals surface area (Å²) in [5.41, 5.74) is 7.31. The third-order valence-electron chi connectivity index (χ3n) is 5.19. The number of rotatable bonds is 1. The molecule has 0 bridgehead atoms. The van der Waals surface area contributed by atoms with Gasteiger partial charge < -0.3 is 0 Å². The predicted octanol–water partition coefficient (Wildman–Crippen LogP) is 6.44. The second-order valence-corrected chi connectivity index (χ2v) is 7.92. The maximum absolute atomic E-state index is 4.65. The predicted molar refractivity (Wildman–Crippen MR) is 114 cm³/mol. The maximum Gasteiger partial charge on any atom is 0.121 e. The molecular formula is C24H31N3. The Kier molecular flexibility index (Phi) is 5.50. The molecule has 142 valence electrons. The lowest BCUT2D eigenvalue weighted by Crippen LogP contribution is -2.24. The minimum absolute atomic E-state index is 0.119. The van der Waals surface area contributed by atoms with Crippen LogP contribution in [-0.4, -0.2) is 15.0 Å². The summed E-state index contributed by atoms with van der Waals surface area (Å²) in [7, 11) is 0. The molecular weight excluding hydrogens is 330 g/mol. The molecule has 1 aliphatic rings. The van der Waals surface area contributed by atoms with E-state index in [-0.39, 0.29) is 5.54 Å². The van der Waals surface area contributed by atoms with Gasteiger partial charge in [-0.1, -0.05) is 74.5 Å². The van der Waals surface area contributed by atoms with Crippen LogP contribution in [0.15, 0.2) is 48.5 Å². The third kappa shape index (κ3) is 3.43. The topological polar surface area (TPSA) is 30.7 Å². The highest BCUT2D eigenvalue weighted by atomic mass is 15.5. The molecule has 1 aromatic heterocycles. The molecule has 0 fully saturated rings. The molecule has 0 amide bonds. The Hall–Kier alpha value is -2.42. The van der Waals surface area contributed by atoms with Crippen molar-refractivity contribution in [2.75, 3.05) is 0 Å². The molecule has 2 aromatic carbocycles. The molecule has 4 rings (SSSR count). The lowest BCUT2D eigenvalue weighted by Gasteiger charge is -2.27. The van der Waals surface area contributed by atoms with Crippen molar-refractivity contribution in [3.63, 3.8) is 0 Å². The van der Waals surface area contributed by atoms with E-state index in [2.05, 4.69) is 91.2 Å². The zero-order valence-corrected chi connectivity index (χ0v) is 17.5.